The van der Waals surface area contributed by atoms with Gasteiger partial charge in [0.15, 0.2) is 16.5 Å². The zero-order valence-corrected chi connectivity index (χ0v) is 37.6. The first-order chi connectivity index (χ1) is 30.9. The number of nitrogens with two attached hydrogens (primary N) is 3. The number of aliphatic hydroxyl groups excluding tert-OH is 1. The van der Waals surface area contributed by atoms with Crippen LogP contribution in [0, 0.1) is 10.1 Å². The molecule has 3 rings (SSSR count). The summed E-state index contributed by atoms with van der Waals surface area (Å²) < 4.78 is 21.9. The second kappa shape index (κ2) is 26.2. The van der Waals surface area contributed by atoms with Crippen molar-refractivity contribution in [3.63, 3.8) is 0 Å². The van der Waals surface area contributed by atoms with E-state index in [1.54, 1.807) is 54.8 Å². The molecule has 2 aromatic carbocycles. The molecular weight excluding hydrogens is 851 g/mol. The van der Waals surface area contributed by atoms with Crippen LogP contribution in [0.5, 0.6) is 23.0 Å². The van der Waals surface area contributed by atoms with E-state index in [2.05, 4.69) is 26.3 Å². The Morgan fingerprint density at radius 1 is 0.877 bits per heavy atom. The van der Waals surface area contributed by atoms with Crippen molar-refractivity contribution in [2.75, 3.05) is 53.4 Å². The lowest BCUT2D eigenvalue weighted by molar-refractivity contribution is -0.525. The predicted molar refractivity (Wildman–Crippen MR) is 241 cm³/mol. The third kappa shape index (κ3) is 16.1. The molecule has 0 unspecified atom stereocenters. The number of benzene rings is 2. The number of unbranched alkanes of at least 4 members (excludes halogenated alkanes) is 1. The smallest absolute Gasteiger partial charge is 0.251 e. The van der Waals surface area contributed by atoms with Gasteiger partial charge >= 0.3 is 0 Å². The molecule has 1 aliphatic heterocycles. The fraction of sp³-hybridized carbons (Fsp3) is 0.524. The van der Waals surface area contributed by atoms with Crippen LogP contribution in [0.3, 0.4) is 0 Å². The lowest BCUT2D eigenvalue weighted by atomic mass is 10.0. The number of aliphatic hydroxyl groups is 1. The van der Waals surface area contributed by atoms with Gasteiger partial charge in [-0.25, -0.2) is 15.1 Å². The second-order valence-corrected chi connectivity index (χ2v) is 15.2. The van der Waals surface area contributed by atoms with Gasteiger partial charge in [-0.15, -0.1) is 0 Å². The summed E-state index contributed by atoms with van der Waals surface area (Å²) in [4.78, 5) is 83.3. The first-order valence-corrected chi connectivity index (χ1v) is 21.0. The van der Waals surface area contributed by atoms with Crippen LogP contribution in [-0.4, -0.2) is 135 Å². The van der Waals surface area contributed by atoms with Gasteiger partial charge in [0.1, 0.15) is 29.9 Å². The number of ether oxygens (including phenoxy) is 4. The van der Waals surface area contributed by atoms with Gasteiger partial charge in [-0.05, 0) is 94.2 Å². The number of guanidine groups is 1. The molecule has 1 aliphatic rings. The fourth-order valence-corrected chi connectivity index (χ4v) is 6.79. The van der Waals surface area contributed by atoms with Crippen LogP contribution < -0.4 is 62.8 Å². The monoisotopic (exact) mass is 913 g/mol. The molecule has 2 aromatic rings. The highest BCUT2D eigenvalue weighted by Crippen LogP contribution is 2.39. The lowest BCUT2D eigenvalue weighted by Gasteiger charge is -2.30. The number of nitrogens with zero attached hydrogens (tertiary/aromatic N) is 3. The number of methoxy groups -OCH3 is 4. The molecule has 0 saturated carbocycles. The second-order valence-electron chi connectivity index (χ2n) is 15.2. The largest absolute Gasteiger partial charge is 0.495 e. The molecule has 1 heterocycles. The number of rotatable bonds is 25. The quantitative estimate of drug-likeness (QED) is 0.0158. The Hall–Kier alpha value is -6.72. The van der Waals surface area contributed by atoms with Crippen molar-refractivity contribution in [3.8, 4) is 23.0 Å². The molecule has 0 aromatic heterocycles. The highest BCUT2D eigenvalue weighted by atomic mass is 16.7. The Bertz CT molecular complexity index is 2010. The minimum atomic E-state index is -1.33. The minimum absolute atomic E-state index is 0.00802. The number of aliphatic imine (C=N–C) groups is 1. The molecule has 0 spiro atoms. The standard InChI is InChI=1S/C42H63N11O12/c1-24(43)37(55)46-18-8-7-11-29(49-40(58)35(44)25(2)54)41(59)52-20-10-13-31(52)39(57)48-28(12-9-19-47-42(45)51-53(60)61)38(56)50-30-21-26(16-17-32(30)62-3)14-15-27-22-33(63-4)36(65-6)34(23-27)64-5/h14-17,21-25,28-29,31,35,54H,7-13,18-20,43-44H2,1-6H3,(H,46,55)(H,48,57)(H,49,58)(H,50,56)(H3,45,47,51)/b15-14-/t24-,25+,28-,29-,31-,35-/m0/s1. The number of amides is 5. The molecule has 0 bridgehead atoms. The number of hydrogen-bond acceptors (Lipinski definition) is 15. The topological polar surface area (TPSA) is 339 Å². The van der Waals surface area contributed by atoms with Gasteiger partial charge in [-0.2, -0.15) is 0 Å². The predicted octanol–water partition coefficient (Wildman–Crippen LogP) is 0.00850. The molecule has 358 valence electrons. The Balaban J connectivity index is 1.88. The Morgan fingerprint density at radius 3 is 2.12 bits per heavy atom. The lowest BCUT2D eigenvalue weighted by Crippen LogP contribution is -2.58. The van der Waals surface area contributed by atoms with E-state index in [-0.39, 0.29) is 56.9 Å². The summed E-state index contributed by atoms with van der Waals surface area (Å²) in [7, 11) is 5.95. The van der Waals surface area contributed by atoms with Crippen molar-refractivity contribution in [1.82, 2.24) is 26.3 Å². The molecule has 12 N–H and O–H groups in total. The van der Waals surface area contributed by atoms with Crippen LogP contribution in [0.1, 0.15) is 69.9 Å². The SMILES string of the molecule is COc1ccc(/C=C\c2cc(OC)c(OC)c(OC)c2)cc1NC(=O)[C@H](CCCN=C(N)N[N+](=O)[O-])NC(=O)[C@@H]1CCCN1C(=O)[C@H](CCCCNC(=O)[C@H](C)N)NC(=O)[C@@H](N)[C@@H](C)O. The summed E-state index contributed by atoms with van der Waals surface area (Å²) in [5.41, 5.74) is 20.4. The summed E-state index contributed by atoms with van der Waals surface area (Å²) in [6.07, 6.45) is 4.12. The molecule has 1 saturated heterocycles. The molecule has 23 nitrogen and oxygen atoms in total. The van der Waals surface area contributed by atoms with Crippen molar-refractivity contribution < 1.29 is 53.1 Å². The van der Waals surface area contributed by atoms with Crippen LogP contribution in [-0.2, 0) is 24.0 Å². The molecular formula is C42H63N11O12. The maximum Gasteiger partial charge on any atom is 0.251 e. The zero-order valence-electron chi connectivity index (χ0n) is 37.6. The van der Waals surface area contributed by atoms with E-state index >= 15 is 0 Å². The van der Waals surface area contributed by atoms with E-state index in [1.165, 1.54) is 40.3 Å². The third-order valence-corrected chi connectivity index (χ3v) is 10.3. The summed E-state index contributed by atoms with van der Waals surface area (Å²) in [6.45, 7) is 3.27. The van der Waals surface area contributed by atoms with Crippen molar-refractivity contribution in [3.05, 3.63) is 51.6 Å². The number of nitrogens with one attached hydrogen (secondary N) is 5. The molecule has 1 fully saturated rings. The summed E-state index contributed by atoms with van der Waals surface area (Å²) >= 11 is 0. The zero-order chi connectivity index (χ0) is 48.2. The average Bonchev–Trinajstić information content (AvgIpc) is 3.77. The van der Waals surface area contributed by atoms with E-state index in [9.17, 15) is 39.2 Å². The third-order valence-electron chi connectivity index (χ3n) is 10.3. The molecule has 23 heteroatoms. The van der Waals surface area contributed by atoms with Gasteiger partial charge in [0.25, 0.3) is 5.96 Å². The minimum Gasteiger partial charge on any atom is -0.495 e. The van der Waals surface area contributed by atoms with Gasteiger partial charge in [0.2, 0.25) is 35.3 Å². The highest BCUT2D eigenvalue weighted by Gasteiger charge is 2.39. The van der Waals surface area contributed by atoms with Gasteiger partial charge in [-0.1, -0.05) is 23.6 Å². The van der Waals surface area contributed by atoms with Crippen LogP contribution in [0.15, 0.2) is 35.3 Å². The van der Waals surface area contributed by atoms with Crippen molar-refractivity contribution in [2.45, 2.75) is 95.1 Å². The van der Waals surface area contributed by atoms with Gasteiger partial charge < -0.3 is 67.4 Å². The number of anilines is 1. The van der Waals surface area contributed by atoms with Crippen LogP contribution in [0.2, 0.25) is 0 Å². The maximum atomic E-state index is 14.1. The van der Waals surface area contributed by atoms with Gasteiger partial charge in [0, 0.05) is 19.6 Å². The van der Waals surface area contributed by atoms with Crippen LogP contribution in [0.25, 0.3) is 12.2 Å². The molecule has 6 atom stereocenters. The van der Waals surface area contributed by atoms with Crippen molar-refractivity contribution in [1.29, 1.82) is 0 Å². The number of nitro groups is 1. The van der Waals surface area contributed by atoms with Gasteiger partial charge in [-0.3, -0.25) is 24.0 Å². The normalized spacial score (nSPS) is 16.0. The van der Waals surface area contributed by atoms with Crippen molar-refractivity contribution >= 4 is 53.3 Å². The molecule has 0 aliphatic carbocycles. The van der Waals surface area contributed by atoms with Crippen molar-refractivity contribution in [2.24, 2.45) is 22.2 Å². The molecule has 65 heavy (non-hydrogen) atoms. The van der Waals surface area contributed by atoms with E-state index in [0.29, 0.717) is 47.8 Å². The van der Waals surface area contributed by atoms with E-state index in [4.69, 9.17) is 36.1 Å². The fourth-order valence-electron chi connectivity index (χ4n) is 6.79. The summed E-state index contributed by atoms with van der Waals surface area (Å²) in [5, 5.41) is 30.8. The summed E-state index contributed by atoms with van der Waals surface area (Å²) in [6, 6.07) is 3.19. The Morgan fingerprint density at radius 2 is 1.52 bits per heavy atom. The first kappa shape index (κ1) is 52.6. The number of hydrogen-bond donors (Lipinski definition) is 9. The number of hydrazine groups is 1. The van der Waals surface area contributed by atoms with E-state index in [1.807, 2.05) is 0 Å². The maximum absolute atomic E-state index is 14.1. The van der Waals surface area contributed by atoms with Crippen LogP contribution in [0.4, 0.5) is 5.69 Å². The Labute approximate surface area is 377 Å². The highest BCUT2D eigenvalue weighted by molar-refractivity contribution is 6.00. The number of carbonyl (C=O) groups is 5. The Kier molecular flexibility index (Phi) is 21.2. The number of likely N-dealkylation sites (tertiary alicyclic amines) is 1. The average molecular weight is 914 g/mol. The van der Waals surface area contributed by atoms with Crippen LogP contribution >= 0.6 is 0 Å². The molecule has 5 amide bonds. The number of carbonyl (C=O) groups excluding carboxylic acids is 5. The first-order valence-electron chi connectivity index (χ1n) is 21.0. The van der Waals surface area contributed by atoms with Gasteiger partial charge in [0.05, 0.1) is 46.3 Å². The van der Waals surface area contributed by atoms with E-state index < -0.39 is 70.9 Å². The molecule has 0 radical (unpaired) electrons. The summed E-state index contributed by atoms with van der Waals surface area (Å²) in [5.74, 6) is -1.78. The van der Waals surface area contributed by atoms with E-state index in [0.717, 1.165) is 5.56 Å².